The SMILES string of the molecule is COc1cccc(N(c2ccccc2)c2ccc(-c3ccc(N(c4ccccc4)c4cccc(OC(=O)Oc5ccc(C(C)(C)c6ccc(OC(C)=O)c(C)c6)cc5C)c4)cc3)cc2)c1. The van der Waals surface area contributed by atoms with Crippen molar-refractivity contribution in [3.63, 3.8) is 0 Å². The Hall–Kier alpha value is -8.10. The molecule has 0 N–H and O–H groups in total. The first kappa shape index (κ1) is 43.5. The van der Waals surface area contributed by atoms with Crippen LogP contribution in [0.2, 0.25) is 0 Å². The van der Waals surface area contributed by atoms with Gasteiger partial charge in [-0.1, -0.05) is 111 Å². The zero-order valence-corrected chi connectivity index (χ0v) is 37.3. The molecule has 0 bridgehead atoms. The summed E-state index contributed by atoms with van der Waals surface area (Å²) in [5.41, 5.74) is 11.2. The molecule has 0 unspecified atom stereocenters. The van der Waals surface area contributed by atoms with Gasteiger partial charge in [0.25, 0.3) is 0 Å². The molecule has 8 aromatic carbocycles. The maximum atomic E-state index is 13.3. The van der Waals surface area contributed by atoms with Crippen LogP contribution in [0.15, 0.2) is 194 Å². The number of nitrogens with zero attached hydrogens (tertiary/aromatic N) is 2. The summed E-state index contributed by atoms with van der Waals surface area (Å²) in [5.74, 6) is 1.72. The summed E-state index contributed by atoms with van der Waals surface area (Å²) < 4.78 is 22.4. The zero-order chi connectivity index (χ0) is 45.5. The zero-order valence-electron chi connectivity index (χ0n) is 37.3. The molecule has 0 heterocycles. The molecular weight excluding hydrogens is 809 g/mol. The van der Waals surface area contributed by atoms with Gasteiger partial charge in [-0.2, -0.15) is 0 Å². The monoisotopic (exact) mass is 858 g/mol. The second kappa shape index (κ2) is 19.1. The maximum absolute atomic E-state index is 13.3. The minimum Gasteiger partial charge on any atom is -0.497 e. The van der Waals surface area contributed by atoms with Gasteiger partial charge < -0.3 is 28.7 Å². The Labute approximate surface area is 380 Å². The predicted molar refractivity (Wildman–Crippen MR) is 260 cm³/mol. The summed E-state index contributed by atoms with van der Waals surface area (Å²) in [6, 6.07) is 64.4. The Bertz CT molecular complexity index is 2930. The van der Waals surface area contributed by atoms with E-state index < -0.39 is 6.16 Å². The highest BCUT2D eigenvalue weighted by Crippen LogP contribution is 2.40. The Morgan fingerprint density at radius 1 is 0.431 bits per heavy atom. The van der Waals surface area contributed by atoms with Crippen molar-refractivity contribution in [3.8, 4) is 34.1 Å². The first-order valence-electron chi connectivity index (χ1n) is 21.4. The molecule has 0 spiro atoms. The first-order valence-corrected chi connectivity index (χ1v) is 21.4. The Morgan fingerprint density at radius 2 is 0.846 bits per heavy atom. The fraction of sp³-hybridized carbons (Fsp3) is 0.123. The molecule has 8 aromatic rings. The van der Waals surface area contributed by atoms with Gasteiger partial charge in [-0.25, -0.2) is 4.79 Å². The van der Waals surface area contributed by atoms with Crippen LogP contribution in [0.3, 0.4) is 0 Å². The minimum atomic E-state index is -0.842. The van der Waals surface area contributed by atoms with Crippen LogP contribution in [0.1, 0.15) is 43.0 Å². The van der Waals surface area contributed by atoms with Crippen LogP contribution in [0.5, 0.6) is 23.0 Å². The maximum Gasteiger partial charge on any atom is 0.519 e. The van der Waals surface area contributed by atoms with Gasteiger partial charge in [0.2, 0.25) is 0 Å². The van der Waals surface area contributed by atoms with Crippen LogP contribution >= 0.6 is 0 Å². The van der Waals surface area contributed by atoms with Crippen molar-refractivity contribution in [2.75, 3.05) is 16.9 Å². The van der Waals surface area contributed by atoms with Crippen molar-refractivity contribution < 1.29 is 28.5 Å². The number of benzene rings is 8. The fourth-order valence-electron chi connectivity index (χ4n) is 7.92. The highest BCUT2D eigenvalue weighted by Gasteiger charge is 2.26. The number of carbonyl (C=O) groups excluding carboxylic acids is 2. The van der Waals surface area contributed by atoms with Crippen molar-refractivity contribution in [2.24, 2.45) is 0 Å². The number of ether oxygens (including phenoxy) is 4. The van der Waals surface area contributed by atoms with Crippen LogP contribution in [0, 0.1) is 13.8 Å². The highest BCUT2D eigenvalue weighted by atomic mass is 16.7. The van der Waals surface area contributed by atoms with E-state index in [1.807, 2.05) is 129 Å². The van der Waals surface area contributed by atoms with E-state index in [4.69, 9.17) is 18.9 Å². The molecule has 0 radical (unpaired) electrons. The molecular formula is C57H50N2O6. The lowest BCUT2D eigenvalue weighted by atomic mass is 9.77. The number of para-hydroxylation sites is 2. The molecule has 0 amide bonds. The van der Waals surface area contributed by atoms with E-state index in [-0.39, 0.29) is 11.4 Å². The average Bonchev–Trinajstić information content (AvgIpc) is 3.32. The van der Waals surface area contributed by atoms with Crippen LogP contribution in [0.25, 0.3) is 11.1 Å². The third kappa shape index (κ3) is 9.93. The molecule has 0 aliphatic heterocycles. The highest BCUT2D eigenvalue weighted by molar-refractivity contribution is 5.81. The third-order valence-electron chi connectivity index (χ3n) is 11.4. The summed E-state index contributed by atoms with van der Waals surface area (Å²) in [7, 11) is 1.68. The summed E-state index contributed by atoms with van der Waals surface area (Å²) >= 11 is 0. The standard InChI is InChI=1S/C57H50N2O6/c1-39-35-44(27-33-54(39)63-41(3)60)57(4,5)45-28-34-55(40(2)36-45)65-56(61)64-53-22-14-20-51(38-53)59(47-17-11-8-12-18-47)49-31-25-43(26-32-49)42-23-29-48(30-24-42)58(46-15-9-7-10-16-46)50-19-13-21-52(37-50)62-6/h7-38H,1-6H3. The number of rotatable bonds is 13. The lowest BCUT2D eigenvalue weighted by Crippen LogP contribution is -2.20. The molecule has 0 aromatic heterocycles. The largest absolute Gasteiger partial charge is 0.519 e. The van der Waals surface area contributed by atoms with E-state index in [0.29, 0.717) is 17.2 Å². The second-order valence-corrected chi connectivity index (χ2v) is 16.3. The van der Waals surface area contributed by atoms with Crippen LogP contribution in [-0.2, 0) is 10.2 Å². The fourth-order valence-corrected chi connectivity index (χ4v) is 7.92. The quantitative estimate of drug-likeness (QED) is 0.0644. The number of anilines is 6. The van der Waals surface area contributed by atoms with Crippen LogP contribution in [-0.4, -0.2) is 19.2 Å². The molecule has 8 nitrogen and oxygen atoms in total. The van der Waals surface area contributed by atoms with Crippen molar-refractivity contribution >= 4 is 46.2 Å². The Morgan fingerprint density at radius 3 is 1.29 bits per heavy atom. The normalized spacial score (nSPS) is 11.0. The van der Waals surface area contributed by atoms with E-state index in [0.717, 1.165) is 73.3 Å². The molecule has 0 atom stereocenters. The predicted octanol–water partition coefficient (Wildman–Crippen LogP) is 14.7. The van der Waals surface area contributed by atoms with Gasteiger partial charge >= 0.3 is 12.1 Å². The van der Waals surface area contributed by atoms with Gasteiger partial charge in [0.05, 0.1) is 7.11 Å². The molecule has 65 heavy (non-hydrogen) atoms. The van der Waals surface area contributed by atoms with E-state index in [1.165, 1.54) is 6.92 Å². The molecule has 0 fully saturated rings. The van der Waals surface area contributed by atoms with Gasteiger partial charge in [-0.15, -0.1) is 0 Å². The van der Waals surface area contributed by atoms with E-state index in [1.54, 1.807) is 19.2 Å². The lowest BCUT2D eigenvalue weighted by Gasteiger charge is -2.27. The molecule has 8 heteroatoms. The van der Waals surface area contributed by atoms with Crippen LogP contribution < -0.4 is 28.7 Å². The van der Waals surface area contributed by atoms with Crippen molar-refractivity contribution in [1.82, 2.24) is 0 Å². The van der Waals surface area contributed by atoms with Gasteiger partial charge in [0, 0.05) is 58.6 Å². The summed E-state index contributed by atoms with van der Waals surface area (Å²) in [4.78, 5) is 29.2. The average molecular weight is 859 g/mol. The van der Waals surface area contributed by atoms with E-state index in [2.05, 4.69) is 90.4 Å². The molecule has 0 aliphatic carbocycles. The number of methoxy groups -OCH3 is 1. The Kier molecular flexibility index (Phi) is 12.8. The minimum absolute atomic E-state index is 0.339. The second-order valence-electron chi connectivity index (χ2n) is 16.3. The smallest absolute Gasteiger partial charge is 0.497 e. The first-order chi connectivity index (χ1) is 31.5. The van der Waals surface area contributed by atoms with Crippen LogP contribution in [0.4, 0.5) is 38.9 Å². The Balaban J connectivity index is 0.989. The van der Waals surface area contributed by atoms with Crippen molar-refractivity contribution in [1.29, 1.82) is 0 Å². The molecule has 0 saturated heterocycles. The van der Waals surface area contributed by atoms with Crippen molar-refractivity contribution in [3.05, 3.63) is 216 Å². The lowest BCUT2D eigenvalue weighted by molar-refractivity contribution is -0.131. The molecule has 8 rings (SSSR count). The number of carbonyl (C=O) groups is 2. The van der Waals surface area contributed by atoms with Crippen molar-refractivity contribution in [2.45, 2.75) is 40.0 Å². The van der Waals surface area contributed by atoms with Gasteiger partial charge in [-0.3, -0.25) is 4.79 Å². The topological polar surface area (TPSA) is 77.5 Å². The number of hydrogen-bond donors (Lipinski definition) is 0. The molecule has 0 aliphatic rings. The van der Waals surface area contributed by atoms with Gasteiger partial charge in [0.15, 0.2) is 0 Å². The molecule has 0 saturated carbocycles. The van der Waals surface area contributed by atoms with Gasteiger partial charge in [-0.05, 0) is 132 Å². The van der Waals surface area contributed by atoms with E-state index in [9.17, 15) is 9.59 Å². The van der Waals surface area contributed by atoms with E-state index >= 15 is 0 Å². The summed E-state index contributed by atoms with van der Waals surface area (Å²) in [5, 5.41) is 0. The summed E-state index contributed by atoms with van der Waals surface area (Å²) in [6.07, 6.45) is -0.842. The number of aryl methyl sites for hydroxylation is 2. The van der Waals surface area contributed by atoms with Gasteiger partial charge in [0.1, 0.15) is 23.0 Å². The third-order valence-corrected chi connectivity index (χ3v) is 11.4. The number of hydrogen-bond acceptors (Lipinski definition) is 8. The molecule has 324 valence electrons. The number of esters is 1. The summed E-state index contributed by atoms with van der Waals surface area (Å²) in [6.45, 7) is 9.47.